The van der Waals surface area contributed by atoms with Crippen LogP contribution in [0.1, 0.15) is 0 Å². The molecule has 4 N–H and O–H groups in total. The highest BCUT2D eigenvalue weighted by Gasteiger charge is 1.98. The van der Waals surface area contributed by atoms with Crippen molar-refractivity contribution in [2.45, 2.75) is 0 Å². The Morgan fingerprint density at radius 3 is 2.50 bits per heavy atom. The quantitative estimate of drug-likeness (QED) is 0.427. The topological polar surface area (TPSA) is 87.6 Å². The van der Waals surface area contributed by atoms with E-state index in [1.807, 2.05) is 30.3 Å². The summed E-state index contributed by atoms with van der Waals surface area (Å²) >= 11 is 0. The van der Waals surface area contributed by atoms with Crippen LogP contribution in [0.5, 0.6) is 5.75 Å². The highest BCUT2D eigenvalue weighted by atomic mass is 16.6. The Balaban J connectivity index is 2.18. The first-order valence-electron chi connectivity index (χ1n) is 4.76. The number of hydrogen-bond acceptors (Lipinski definition) is 5. The summed E-state index contributed by atoms with van der Waals surface area (Å²) in [5.41, 5.74) is 10.2. The summed E-state index contributed by atoms with van der Waals surface area (Å²) in [6.07, 6.45) is 1.02. The number of carbonyl (C=O) groups is 1. The van der Waals surface area contributed by atoms with Crippen LogP contribution in [0.4, 0.5) is 0 Å². The SMILES string of the molecule is NC(N)=CC(=O)OCCOc1ccccc1. The van der Waals surface area contributed by atoms with Crippen molar-refractivity contribution in [3.8, 4) is 5.75 Å². The van der Waals surface area contributed by atoms with E-state index in [2.05, 4.69) is 0 Å². The number of hydrogen-bond donors (Lipinski definition) is 2. The number of rotatable bonds is 5. The summed E-state index contributed by atoms with van der Waals surface area (Å²) in [6, 6.07) is 9.25. The average molecular weight is 222 g/mol. The maximum Gasteiger partial charge on any atom is 0.334 e. The third kappa shape index (κ3) is 4.90. The van der Waals surface area contributed by atoms with Crippen LogP contribution < -0.4 is 16.2 Å². The minimum absolute atomic E-state index is 0.0750. The number of para-hydroxylation sites is 1. The maximum absolute atomic E-state index is 11.0. The van der Waals surface area contributed by atoms with Crippen LogP contribution in [0.15, 0.2) is 42.2 Å². The van der Waals surface area contributed by atoms with Crippen LogP contribution in [0.2, 0.25) is 0 Å². The molecule has 0 saturated heterocycles. The molecule has 0 fully saturated rings. The van der Waals surface area contributed by atoms with Crippen molar-refractivity contribution in [2.24, 2.45) is 11.5 Å². The zero-order valence-electron chi connectivity index (χ0n) is 8.76. The van der Waals surface area contributed by atoms with Gasteiger partial charge >= 0.3 is 5.97 Å². The van der Waals surface area contributed by atoms with Crippen molar-refractivity contribution in [3.05, 3.63) is 42.2 Å². The molecule has 0 spiro atoms. The van der Waals surface area contributed by atoms with Crippen LogP contribution in [0.3, 0.4) is 0 Å². The first-order valence-corrected chi connectivity index (χ1v) is 4.76. The predicted octanol–water partition coefficient (Wildman–Crippen LogP) is 0.367. The third-order valence-corrected chi connectivity index (χ3v) is 1.62. The molecule has 1 aromatic carbocycles. The number of ether oxygens (including phenoxy) is 2. The molecule has 0 bridgehead atoms. The summed E-state index contributed by atoms with van der Waals surface area (Å²) in [7, 11) is 0. The second-order valence-electron chi connectivity index (χ2n) is 2.97. The van der Waals surface area contributed by atoms with Gasteiger partial charge in [-0.2, -0.15) is 0 Å². The van der Waals surface area contributed by atoms with E-state index in [9.17, 15) is 4.79 Å². The van der Waals surface area contributed by atoms with Gasteiger partial charge in [0.05, 0.1) is 6.08 Å². The third-order valence-electron chi connectivity index (χ3n) is 1.62. The fourth-order valence-electron chi connectivity index (χ4n) is 0.996. The fraction of sp³-hybridized carbons (Fsp3) is 0.182. The normalized spacial score (nSPS) is 9.25. The van der Waals surface area contributed by atoms with Gasteiger partial charge in [-0.25, -0.2) is 4.79 Å². The van der Waals surface area contributed by atoms with Gasteiger partial charge in [0.2, 0.25) is 0 Å². The van der Waals surface area contributed by atoms with Crippen LogP contribution in [-0.2, 0) is 9.53 Å². The summed E-state index contributed by atoms with van der Waals surface area (Å²) in [6.45, 7) is 0.436. The molecule has 0 aliphatic heterocycles. The van der Waals surface area contributed by atoms with Gasteiger partial charge in [0, 0.05) is 0 Å². The Labute approximate surface area is 93.6 Å². The van der Waals surface area contributed by atoms with Crippen molar-refractivity contribution in [3.63, 3.8) is 0 Å². The highest BCUT2D eigenvalue weighted by molar-refractivity contribution is 5.82. The molecule has 0 radical (unpaired) electrons. The lowest BCUT2D eigenvalue weighted by Gasteiger charge is -2.05. The standard InChI is InChI=1S/C11H14N2O3/c12-10(13)8-11(14)16-7-6-15-9-4-2-1-3-5-9/h1-5,8H,6-7,12-13H2. The van der Waals surface area contributed by atoms with Crippen LogP contribution in [0, 0.1) is 0 Å². The molecule has 0 saturated carbocycles. The molecule has 0 atom stereocenters. The summed E-state index contributed by atoms with van der Waals surface area (Å²) in [5.74, 6) is 0.0815. The molecule has 5 heteroatoms. The van der Waals surface area contributed by atoms with Crippen molar-refractivity contribution in [1.29, 1.82) is 0 Å². The molecule has 0 aromatic heterocycles. The Morgan fingerprint density at radius 2 is 1.88 bits per heavy atom. The van der Waals surface area contributed by atoms with E-state index in [1.54, 1.807) is 0 Å². The number of benzene rings is 1. The van der Waals surface area contributed by atoms with Crippen molar-refractivity contribution >= 4 is 5.97 Å². The van der Waals surface area contributed by atoms with Gasteiger partial charge in [-0.1, -0.05) is 18.2 Å². The number of carbonyl (C=O) groups excluding carboxylic acids is 1. The molecule has 0 unspecified atom stereocenters. The molecular weight excluding hydrogens is 208 g/mol. The zero-order chi connectivity index (χ0) is 11.8. The second-order valence-corrected chi connectivity index (χ2v) is 2.97. The van der Waals surface area contributed by atoms with Gasteiger partial charge in [0.25, 0.3) is 0 Å². The van der Waals surface area contributed by atoms with E-state index in [0.717, 1.165) is 11.8 Å². The Bertz CT molecular complexity index is 359. The van der Waals surface area contributed by atoms with E-state index < -0.39 is 5.97 Å². The van der Waals surface area contributed by atoms with E-state index >= 15 is 0 Å². The van der Waals surface area contributed by atoms with Gasteiger partial charge in [-0.3, -0.25) is 0 Å². The van der Waals surface area contributed by atoms with Gasteiger partial charge < -0.3 is 20.9 Å². The number of nitrogens with two attached hydrogens (primary N) is 2. The highest BCUT2D eigenvalue weighted by Crippen LogP contribution is 2.07. The largest absolute Gasteiger partial charge is 0.490 e. The lowest BCUT2D eigenvalue weighted by molar-refractivity contribution is -0.138. The monoisotopic (exact) mass is 222 g/mol. The van der Waals surface area contributed by atoms with E-state index in [1.165, 1.54) is 0 Å². The van der Waals surface area contributed by atoms with Gasteiger partial charge in [-0.15, -0.1) is 0 Å². The van der Waals surface area contributed by atoms with Crippen molar-refractivity contribution in [1.82, 2.24) is 0 Å². The van der Waals surface area contributed by atoms with Crippen LogP contribution >= 0.6 is 0 Å². The van der Waals surface area contributed by atoms with E-state index in [0.29, 0.717) is 0 Å². The van der Waals surface area contributed by atoms with Crippen molar-refractivity contribution in [2.75, 3.05) is 13.2 Å². The van der Waals surface area contributed by atoms with Gasteiger partial charge in [0.15, 0.2) is 0 Å². The molecular formula is C11H14N2O3. The maximum atomic E-state index is 11.0. The molecule has 0 aliphatic rings. The lowest BCUT2D eigenvalue weighted by Crippen LogP contribution is -2.15. The minimum Gasteiger partial charge on any atom is -0.490 e. The van der Waals surface area contributed by atoms with E-state index in [-0.39, 0.29) is 19.0 Å². The van der Waals surface area contributed by atoms with Gasteiger partial charge in [0.1, 0.15) is 24.8 Å². The molecule has 0 aliphatic carbocycles. The number of esters is 1. The molecule has 86 valence electrons. The van der Waals surface area contributed by atoms with Crippen LogP contribution in [0.25, 0.3) is 0 Å². The average Bonchev–Trinajstić information content (AvgIpc) is 2.25. The van der Waals surface area contributed by atoms with Crippen molar-refractivity contribution < 1.29 is 14.3 Å². The van der Waals surface area contributed by atoms with Crippen LogP contribution in [-0.4, -0.2) is 19.2 Å². The molecule has 1 aromatic rings. The second kappa shape index (κ2) is 6.34. The zero-order valence-corrected chi connectivity index (χ0v) is 8.76. The molecule has 1 rings (SSSR count). The molecule has 0 heterocycles. The first kappa shape index (κ1) is 11.9. The predicted molar refractivity (Wildman–Crippen MR) is 59.4 cm³/mol. The molecule has 0 amide bonds. The summed E-state index contributed by atoms with van der Waals surface area (Å²) in [5, 5.41) is 0. The summed E-state index contributed by atoms with van der Waals surface area (Å²) < 4.78 is 10.1. The lowest BCUT2D eigenvalue weighted by atomic mass is 10.3. The first-order chi connectivity index (χ1) is 7.68. The Kier molecular flexibility index (Phi) is 4.72. The smallest absolute Gasteiger partial charge is 0.334 e. The fourth-order valence-corrected chi connectivity index (χ4v) is 0.996. The minimum atomic E-state index is -0.573. The Hall–Kier alpha value is -2.17. The van der Waals surface area contributed by atoms with Gasteiger partial charge in [-0.05, 0) is 12.1 Å². The molecule has 5 nitrogen and oxygen atoms in total. The van der Waals surface area contributed by atoms with E-state index in [4.69, 9.17) is 20.9 Å². The Morgan fingerprint density at radius 1 is 1.19 bits per heavy atom. The summed E-state index contributed by atoms with van der Waals surface area (Å²) in [4.78, 5) is 11.0. The molecule has 16 heavy (non-hydrogen) atoms.